The van der Waals surface area contributed by atoms with Crippen LogP contribution in [0, 0.1) is 26.7 Å². The zero-order chi connectivity index (χ0) is 21.8. The van der Waals surface area contributed by atoms with E-state index >= 15 is 0 Å². The molecule has 6 heteroatoms. The summed E-state index contributed by atoms with van der Waals surface area (Å²) < 4.78 is 5.22. The van der Waals surface area contributed by atoms with Crippen LogP contribution in [0.3, 0.4) is 0 Å². The first-order chi connectivity index (χ1) is 14.3. The van der Waals surface area contributed by atoms with Gasteiger partial charge in [-0.25, -0.2) is 0 Å². The van der Waals surface area contributed by atoms with Crippen molar-refractivity contribution in [3.8, 4) is 0 Å². The van der Waals surface area contributed by atoms with Crippen molar-refractivity contribution >= 4 is 29.2 Å². The minimum atomic E-state index is -0.573. The molecule has 1 atom stereocenters. The normalized spacial score (nSPS) is 15.9. The zero-order valence-electron chi connectivity index (χ0n) is 18.0. The maximum absolute atomic E-state index is 12.5. The van der Waals surface area contributed by atoms with Gasteiger partial charge in [-0.1, -0.05) is 31.2 Å². The Kier molecular flexibility index (Phi) is 6.55. The second kappa shape index (κ2) is 9.11. The van der Waals surface area contributed by atoms with Crippen LogP contribution in [0.15, 0.2) is 36.4 Å². The van der Waals surface area contributed by atoms with Gasteiger partial charge in [0.1, 0.15) is 0 Å². The number of benzene rings is 2. The Bertz CT molecular complexity index is 983. The van der Waals surface area contributed by atoms with Crippen molar-refractivity contribution in [2.45, 2.75) is 40.5 Å². The Morgan fingerprint density at radius 3 is 2.57 bits per heavy atom. The predicted octanol–water partition coefficient (Wildman–Crippen LogP) is 3.71. The number of aryl methyl sites for hydroxylation is 4. The lowest BCUT2D eigenvalue weighted by Crippen LogP contribution is -2.28. The SMILES string of the molecule is CCc1cccc(C)c1NC(=O)COC(=O)[C@H]1CC(=O)N(c2ccc(C)c(C)c2)C1. The number of esters is 1. The topological polar surface area (TPSA) is 75.7 Å². The number of anilines is 2. The monoisotopic (exact) mass is 408 g/mol. The molecule has 0 bridgehead atoms. The second-order valence-electron chi connectivity index (χ2n) is 7.79. The van der Waals surface area contributed by atoms with Gasteiger partial charge in [0.2, 0.25) is 5.91 Å². The number of ether oxygens (including phenoxy) is 1. The largest absolute Gasteiger partial charge is 0.455 e. The van der Waals surface area contributed by atoms with E-state index in [1.807, 2.05) is 64.1 Å². The molecular weight excluding hydrogens is 380 g/mol. The van der Waals surface area contributed by atoms with Gasteiger partial charge in [0, 0.05) is 24.3 Å². The summed E-state index contributed by atoms with van der Waals surface area (Å²) in [6.45, 7) is 7.83. The lowest BCUT2D eigenvalue weighted by Gasteiger charge is -2.18. The molecule has 0 aromatic heterocycles. The summed E-state index contributed by atoms with van der Waals surface area (Å²) in [5, 5.41) is 2.84. The van der Waals surface area contributed by atoms with Gasteiger partial charge in [0.25, 0.3) is 5.91 Å². The molecule has 0 radical (unpaired) electrons. The van der Waals surface area contributed by atoms with Crippen molar-refractivity contribution in [1.82, 2.24) is 0 Å². The molecule has 0 aliphatic carbocycles. The summed E-state index contributed by atoms with van der Waals surface area (Å²) in [5.41, 5.74) is 5.76. The van der Waals surface area contributed by atoms with E-state index in [4.69, 9.17) is 4.74 Å². The summed E-state index contributed by atoms with van der Waals surface area (Å²) in [7, 11) is 0. The van der Waals surface area contributed by atoms with Crippen LogP contribution < -0.4 is 10.2 Å². The molecule has 2 aromatic rings. The van der Waals surface area contributed by atoms with Gasteiger partial charge >= 0.3 is 5.97 Å². The molecule has 0 unspecified atom stereocenters. The highest BCUT2D eigenvalue weighted by atomic mass is 16.5. The predicted molar refractivity (Wildman–Crippen MR) is 117 cm³/mol. The fourth-order valence-corrected chi connectivity index (χ4v) is 3.64. The summed E-state index contributed by atoms with van der Waals surface area (Å²) in [4.78, 5) is 38.8. The average Bonchev–Trinajstić information content (AvgIpc) is 3.11. The minimum Gasteiger partial charge on any atom is -0.455 e. The zero-order valence-corrected chi connectivity index (χ0v) is 18.0. The average molecular weight is 408 g/mol. The van der Waals surface area contributed by atoms with Crippen molar-refractivity contribution in [2.75, 3.05) is 23.4 Å². The fraction of sp³-hybridized carbons (Fsp3) is 0.375. The van der Waals surface area contributed by atoms with Crippen molar-refractivity contribution in [3.63, 3.8) is 0 Å². The van der Waals surface area contributed by atoms with E-state index in [0.29, 0.717) is 0 Å². The molecule has 1 fully saturated rings. The van der Waals surface area contributed by atoms with Gasteiger partial charge in [-0.15, -0.1) is 0 Å². The Hall–Kier alpha value is -3.15. The molecule has 1 N–H and O–H groups in total. The first-order valence-corrected chi connectivity index (χ1v) is 10.2. The number of hydrogen-bond donors (Lipinski definition) is 1. The molecule has 0 spiro atoms. The van der Waals surface area contributed by atoms with Crippen molar-refractivity contribution in [1.29, 1.82) is 0 Å². The van der Waals surface area contributed by atoms with E-state index in [0.717, 1.165) is 40.0 Å². The van der Waals surface area contributed by atoms with E-state index in [9.17, 15) is 14.4 Å². The van der Waals surface area contributed by atoms with E-state index in [1.54, 1.807) is 4.90 Å². The molecule has 2 aromatic carbocycles. The first-order valence-electron chi connectivity index (χ1n) is 10.2. The van der Waals surface area contributed by atoms with Crippen molar-refractivity contribution in [3.05, 3.63) is 58.7 Å². The molecule has 6 nitrogen and oxygen atoms in total. The fourth-order valence-electron chi connectivity index (χ4n) is 3.64. The smallest absolute Gasteiger partial charge is 0.311 e. The third-order valence-corrected chi connectivity index (χ3v) is 5.61. The maximum atomic E-state index is 12.5. The van der Waals surface area contributed by atoms with Crippen LogP contribution in [0.4, 0.5) is 11.4 Å². The number of carbonyl (C=O) groups is 3. The van der Waals surface area contributed by atoms with Gasteiger partial charge in [0.05, 0.1) is 5.92 Å². The van der Waals surface area contributed by atoms with Gasteiger partial charge in [-0.3, -0.25) is 14.4 Å². The molecule has 1 aliphatic heterocycles. The number of amides is 2. The highest BCUT2D eigenvalue weighted by Gasteiger charge is 2.36. The van der Waals surface area contributed by atoms with Crippen LogP contribution in [-0.4, -0.2) is 30.9 Å². The van der Waals surface area contributed by atoms with Gasteiger partial charge < -0.3 is 15.0 Å². The molecule has 1 heterocycles. The number of para-hydroxylation sites is 1. The van der Waals surface area contributed by atoms with E-state index in [2.05, 4.69) is 5.32 Å². The highest BCUT2D eigenvalue weighted by Crippen LogP contribution is 2.27. The van der Waals surface area contributed by atoms with E-state index < -0.39 is 11.9 Å². The molecular formula is C24H28N2O4. The standard InChI is InChI=1S/C24H28N2O4/c1-5-18-8-6-7-16(3)23(18)25-21(27)14-30-24(29)19-12-22(28)26(13-19)20-10-9-15(2)17(4)11-20/h6-11,19H,5,12-14H2,1-4H3,(H,25,27)/t19-/m0/s1. The molecule has 2 amide bonds. The number of nitrogens with one attached hydrogen (secondary N) is 1. The van der Waals surface area contributed by atoms with Crippen LogP contribution in [-0.2, 0) is 25.5 Å². The Morgan fingerprint density at radius 1 is 1.10 bits per heavy atom. The van der Waals surface area contributed by atoms with Crippen molar-refractivity contribution < 1.29 is 19.1 Å². The lowest BCUT2D eigenvalue weighted by molar-refractivity contribution is -0.151. The molecule has 30 heavy (non-hydrogen) atoms. The highest BCUT2D eigenvalue weighted by molar-refractivity contribution is 6.00. The van der Waals surface area contributed by atoms with Crippen molar-refractivity contribution in [2.24, 2.45) is 5.92 Å². The molecule has 158 valence electrons. The first kappa shape index (κ1) is 21.6. The Morgan fingerprint density at radius 2 is 1.87 bits per heavy atom. The third-order valence-electron chi connectivity index (χ3n) is 5.61. The lowest BCUT2D eigenvalue weighted by atomic mass is 10.1. The van der Waals surface area contributed by atoms with Crippen LogP contribution in [0.25, 0.3) is 0 Å². The van der Waals surface area contributed by atoms with Gasteiger partial charge in [0.15, 0.2) is 6.61 Å². The van der Waals surface area contributed by atoms with Crippen LogP contribution in [0.2, 0.25) is 0 Å². The number of carbonyl (C=O) groups excluding carboxylic acids is 3. The third kappa shape index (κ3) is 4.70. The van der Waals surface area contributed by atoms with E-state index in [1.165, 1.54) is 0 Å². The van der Waals surface area contributed by atoms with Gasteiger partial charge in [-0.2, -0.15) is 0 Å². The quantitative estimate of drug-likeness (QED) is 0.740. The summed E-state index contributed by atoms with van der Waals surface area (Å²) in [6, 6.07) is 11.6. The summed E-state index contributed by atoms with van der Waals surface area (Å²) >= 11 is 0. The van der Waals surface area contributed by atoms with E-state index in [-0.39, 0.29) is 31.4 Å². The number of rotatable bonds is 6. The summed E-state index contributed by atoms with van der Waals surface area (Å²) in [5.74, 6) is -1.60. The molecule has 3 rings (SSSR count). The minimum absolute atomic E-state index is 0.0884. The second-order valence-corrected chi connectivity index (χ2v) is 7.79. The molecule has 1 saturated heterocycles. The van der Waals surface area contributed by atoms with Gasteiger partial charge in [-0.05, 0) is 61.6 Å². The molecule has 0 saturated carbocycles. The number of hydrogen-bond acceptors (Lipinski definition) is 4. The van der Waals surface area contributed by atoms with Crippen LogP contribution in [0.1, 0.15) is 35.6 Å². The van der Waals surface area contributed by atoms with Crippen LogP contribution in [0.5, 0.6) is 0 Å². The maximum Gasteiger partial charge on any atom is 0.311 e. The summed E-state index contributed by atoms with van der Waals surface area (Å²) in [6.07, 6.45) is 0.876. The Balaban J connectivity index is 1.57. The Labute approximate surface area is 177 Å². The van der Waals surface area contributed by atoms with Crippen LogP contribution >= 0.6 is 0 Å². The number of nitrogens with zero attached hydrogens (tertiary/aromatic N) is 1. The molecule has 1 aliphatic rings.